The topological polar surface area (TPSA) is 83.8 Å². The van der Waals surface area contributed by atoms with Crippen LogP contribution < -0.4 is 0 Å². The number of allylic oxidation sites excluding steroid dienone is 1. The summed E-state index contributed by atoms with van der Waals surface area (Å²) in [7, 11) is 0. The van der Waals surface area contributed by atoms with Gasteiger partial charge < -0.3 is 14.9 Å². The Morgan fingerprint density at radius 1 is 1.46 bits per heavy atom. The minimum absolute atomic E-state index is 0.0575. The summed E-state index contributed by atoms with van der Waals surface area (Å²) in [5.74, 6) is -2.24. The van der Waals surface area contributed by atoms with E-state index < -0.39 is 33.9 Å². The minimum atomic E-state index is -0.956. The third kappa shape index (κ3) is 1.25. The van der Waals surface area contributed by atoms with Crippen molar-refractivity contribution in [2.24, 2.45) is 28.6 Å². The van der Waals surface area contributed by atoms with Gasteiger partial charge in [-0.3, -0.25) is 9.59 Å². The minimum Gasteiger partial charge on any atom is -0.481 e. The van der Waals surface area contributed by atoms with E-state index in [1.165, 1.54) is 0 Å². The molecule has 2 N–H and O–H groups in total. The van der Waals surface area contributed by atoms with Crippen molar-refractivity contribution >= 4 is 11.9 Å². The van der Waals surface area contributed by atoms with Crippen molar-refractivity contribution in [1.82, 2.24) is 0 Å². The van der Waals surface area contributed by atoms with Gasteiger partial charge in [0.2, 0.25) is 0 Å². The average Bonchev–Trinajstić information content (AvgIpc) is 2.88. The van der Waals surface area contributed by atoms with Crippen LogP contribution in [0.25, 0.3) is 0 Å². The number of carbonyl (C=O) groups is 2. The fraction of sp³-hybridized carbons (Fsp3) is 0.684. The Morgan fingerprint density at radius 3 is 2.92 bits per heavy atom. The van der Waals surface area contributed by atoms with Crippen LogP contribution in [0.4, 0.5) is 0 Å². The quantitative estimate of drug-likeness (QED) is 0.568. The van der Waals surface area contributed by atoms with Crippen molar-refractivity contribution < 1.29 is 24.5 Å². The van der Waals surface area contributed by atoms with Crippen molar-refractivity contribution in [3.63, 3.8) is 0 Å². The molecule has 128 valence electrons. The lowest BCUT2D eigenvalue weighted by atomic mass is 9.61. The molecule has 1 heterocycles. The van der Waals surface area contributed by atoms with E-state index >= 15 is 0 Å². The largest absolute Gasteiger partial charge is 0.481 e. The summed E-state index contributed by atoms with van der Waals surface area (Å²) in [6.07, 6.45) is 6.67. The first-order valence-corrected chi connectivity index (χ1v) is 8.74. The fourth-order valence-electron chi connectivity index (χ4n) is 7.14. The Hall–Kier alpha value is -1.62. The lowest BCUT2D eigenvalue weighted by Crippen LogP contribution is -2.46. The van der Waals surface area contributed by atoms with Gasteiger partial charge in [-0.05, 0) is 56.1 Å². The Morgan fingerprint density at radius 2 is 2.21 bits per heavy atom. The molecule has 0 aromatic rings. The molecule has 7 atom stereocenters. The molecular formula is C19H22O5. The predicted octanol–water partition coefficient (Wildman–Crippen LogP) is 2.06. The van der Waals surface area contributed by atoms with Crippen LogP contribution in [-0.2, 0) is 14.3 Å². The van der Waals surface area contributed by atoms with Crippen molar-refractivity contribution in [1.29, 1.82) is 0 Å². The number of esters is 1. The van der Waals surface area contributed by atoms with Crippen LogP contribution in [0.2, 0.25) is 0 Å². The maximum absolute atomic E-state index is 12.6. The van der Waals surface area contributed by atoms with Crippen molar-refractivity contribution in [2.75, 3.05) is 0 Å². The molecule has 24 heavy (non-hydrogen) atoms. The van der Waals surface area contributed by atoms with E-state index in [-0.39, 0.29) is 17.8 Å². The lowest BCUT2D eigenvalue weighted by Gasteiger charge is -2.44. The number of carboxylic acid groups (broad SMARTS) is 1. The molecule has 4 fully saturated rings. The van der Waals surface area contributed by atoms with Gasteiger partial charge in [-0.1, -0.05) is 12.7 Å². The van der Waals surface area contributed by atoms with Gasteiger partial charge in [0.15, 0.2) is 0 Å². The molecule has 4 bridgehead atoms. The van der Waals surface area contributed by atoms with Gasteiger partial charge in [0.1, 0.15) is 5.60 Å². The highest BCUT2D eigenvalue weighted by molar-refractivity contribution is 5.85. The number of fused-ring (bicyclic) bond motifs is 1. The second kappa shape index (κ2) is 3.79. The Bertz CT molecular complexity index is 740. The van der Waals surface area contributed by atoms with Gasteiger partial charge in [0.05, 0.1) is 16.9 Å². The SMILES string of the molecule is C=C1CC23CC1(O)CCC2C12C=CCC(C)(C(=O)O1)C2C3C(=O)O. The van der Waals surface area contributed by atoms with Crippen LogP contribution in [0, 0.1) is 28.6 Å². The van der Waals surface area contributed by atoms with Crippen LogP contribution >= 0.6 is 0 Å². The molecule has 7 unspecified atom stereocenters. The van der Waals surface area contributed by atoms with Crippen LogP contribution in [0.15, 0.2) is 24.3 Å². The summed E-state index contributed by atoms with van der Waals surface area (Å²) >= 11 is 0. The van der Waals surface area contributed by atoms with Crippen LogP contribution in [0.5, 0.6) is 0 Å². The highest BCUT2D eigenvalue weighted by Crippen LogP contribution is 2.77. The summed E-state index contributed by atoms with van der Waals surface area (Å²) < 4.78 is 5.96. The first kappa shape index (κ1) is 14.7. The van der Waals surface area contributed by atoms with Crippen molar-refractivity contribution in [3.8, 4) is 0 Å². The summed E-state index contributed by atoms with van der Waals surface area (Å²) in [4.78, 5) is 25.0. The first-order valence-electron chi connectivity index (χ1n) is 8.74. The second-order valence-electron chi connectivity index (χ2n) is 8.87. The van der Waals surface area contributed by atoms with Gasteiger partial charge in [-0.2, -0.15) is 0 Å². The number of ether oxygens (including phenoxy) is 1. The molecule has 1 aliphatic heterocycles. The van der Waals surface area contributed by atoms with E-state index in [0.717, 1.165) is 5.57 Å². The zero-order valence-electron chi connectivity index (χ0n) is 13.7. The number of aliphatic hydroxyl groups is 1. The van der Waals surface area contributed by atoms with Crippen LogP contribution in [0.1, 0.15) is 39.0 Å². The summed E-state index contributed by atoms with van der Waals surface area (Å²) in [5.41, 5.74) is -2.37. The van der Waals surface area contributed by atoms with E-state index in [1.807, 2.05) is 19.1 Å². The molecule has 1 saturated heterocycles. The number of hydrogen-bond acceptors (Lipinski definition) is 4. The van der Waals surface area contributed by atoms with Crippen molar-refractivity contribution in [2.45, 2.75) is 50.2 Å². The zero-order chi connectivity index (χ0) is 17.1. The van der Waals surface area contributed by atoms with E-state index in [9.17, 15) is 19.8 Å². The highest BCUT2D eigenvalue weighted by Gasteiger charge is 2.82. The smallest absolute Gasteiger partial charge is 0.313 e. The van der Waals surface area contributed by atoms with Gasteiger partial charge >= 0.3 is 11.9 Å². The first-order chi connectivity index (χ1) is 11.2. The summed E-state index contributed by atoms with van der Waals surface area (Å²) in [6.45, 7) is 5.91. The molecule has 0 radical (unpaired) electrons. The molecule has 0 aromatic carbocycles. The van der Waals surface area contributed by atoms with Crippen LogP contribution in [0.3, 0.4) is 0 Å². The molecule has 5 heteroatoms. The molecule has 5 rings (SSSR count). The molecule has 0 amide bonds. The maximum Gasteiger partial charge on any atom is 0.313 e. The molecule has 0 aromatic heterocycles. The third-order valence-electron chi connectivity index (χ3n) is 7.95. The highest BCUT2D eigenvalue weighted by atomic mass is 16.6. The van der Waals surface area contributed by atoms with Crippen LogP contribution in [-0.4, -0.2) is 33.4 Å². The third-order valence-corrected chi connectivity index (χ3v) is 7.95. The van der Waals surface area contributed by atoms with Gasteiger partial charge in [0.25, 0.3) is 0 Å². The Kier molecular flexibility index (Phi) is 2.32. The predicted molar refractivity (Wildman–Crippen MR) is 83.8 cm³/mol. The van der Waals surface area contributed by atoms with Gasteiger partial charge in [-0.15, -0.1) is 0 Å². The van der Waals surface area contributed by atoms with E-state index in [0.29, 0.717) is 32.1 Å². The number of carbonyl (C=O) groups excluding carboxylic acids is 1. The summed E-state index contributed by atoms with van der Waals surface area (Å²) in [5, 5.41) is 21.1. The standard InChI is InChI=1S/C19H22O5/c1-10-8-17-9-18(10,23)7-4-11(17)19-6-3-5-16(2,15(22)24-19)13(19)12(17)14(20)21/h3,6,11-13,23H,1,4-5,7-9H2,2H3,(H,20,21). The number of rotatable bonds is 1. The zero-order valence-corrected chi connectivity index (χ0v) is 13.7. The maximum atomic E-state index is 12.6. The molecule has 1 spiro atoms. The lowest BCUT2D eigenvalue weighted by molar-refractivity contribution is -0.160. The molecule has 5 nitrogen and oxygen atoms in total. The van der Waals surface area contributed by atoms with E-state index in [1.54, 1.807) is 0 Å². The fourth-order valence-corrected chi connectivity index (χ4v) is 7.14. The number of hydrogen-bond donors (Lipinski definition) is 2. The Labute approximate surface area is 140 Å². The Balaban J connectivity index is 1.78. The van der Waals surface area contributed by atoms with E-state index in [4.69, 9.17) is 4.74 Å². The normalized spacial score (nSPS) is 56.8. The second-order valence-corrected chi connectivity index (χ2v) is 8.87. The average molecular weight is 330 g/mol. The van der Waals surface area contributed by atoms with Crippen molar-refractivity contribution in [3.05, 3.63) is 24.3 Å². The molecule has 4 aliphatic carbocycles. The van der Waals surface area contributed by atoms with E-state index in [2.05, 4.69) is 6.58 Å². The number of aliphatic carboxylic acids is 1. The molecular weight excluding hydrogens is 308 g/mol. The monoisotopic (exact) mass is 330 g/mol. The van der Waals surface area contributed by atoms with Gasteiger partial charge in [-0.25, -0.2) is 0 Å². The molecule has 5 aliphatic rings. The molecule has 3 saturated carbocycles. The summed E-state index contributed by atoms with van der Waals surface area (Å²) in [6, 6.07) is 0. The van der Waals surface area contributed by atoms with Gasteiger partial charge in [0, 0.05) is 11.8 Å². The number of carboxylic acids is 1.